The summed E-state index contributed by atoms with van der Waals surface area (Å²) in [6.07, 6.45) is 10.4. The van der Waals surface area contributed by atoms with Crippen molar-refractivity contribution in [3.63, 3.8) is 0 Å². The zero-order chi connectivity index (χ0) is 16.8. The quantitative estimate of drug-likeness (QED) is 0.876. The van der Waals surface area contributed by atoms with Gasteiger partial charge in [-0.2, -0.15) is 0 Å². The standard InChI is InChI=1S/C20H22N2O2/c1-11-3-4-14-16(11)7-22-9-18(14)20(24)15-5-12(2)17-8-21-6-13(10-23)19(15)17/h6-12,15,20,24H,3-5H2,1-2H3/t11-,12-,15?,20-/m0/s1. The van der Waals surface area contributed by atoms with Gasteiger partial charge in [0.1, 0.15) is 0 Å². The zero-order valence-electron chi connectivity index (χ0n) is 14.1. The van der Waals surface area contributed by atoms with Crippen LogP contribution in [0.5, 0.6) is 0 Å². The minimum atomic E-state index is -0.623. The van der Waals surface area contributed by atoms with Crippen molar-refractivity contribution >= 4 is 6.29 Å². The van der Waals surface area contributed by atoms with Crippen LogP contribution in [0.25, 0.3) is 0 Å². The van der Waals surface area contributed by atoms with Crippen molar-refractivity contribution in [3.05, 3.63) is 58.2 Å². The number of aliphatic hydroxyl groups is 1. The smallest absolute Gasteiger partial charge is 0.151 e. The fourth-order valence-electron chi connectivity index (χ4n) is 4.55. The lowest BCUT2D eigenvalue weighted by molar-refractivity contribution is 0.111. The number of nitrogens with zero attached hydrogens (tertiary/aromatic N) is 2. The first-order valence-electron chi connectivity index (χ1n) is 8.69. The fraction of sp³-hybridized carbons (Fsp3) is 0.450. The fourth-order valence-corrected chi connectivity index (χ4v) is 4.55. The highest BCUT2D eigenvalue weighted by Crippen LogP contribution is 2.49. The van der Waals surface area contributed by atoms with Crippen LogP contribution in [0.4, 0.5) is 0 Å². The first-order chi connectivity index (χ1) is 11.6. The van der Waals surface area contributed by atoms with E-state index >= 15 is 0 Å². The van der Waals surface area contributed by atoms with Crippen molar-refractivity contribution < 1.29 is 9.90 Å². The molecule has 0 aromatic carbocycles. The highest BCUT2D eigenvalue weighted by Gasteiger charge is 2.37. The number of carbonyl (C=O) groups is 1. The third-order valence-electron chi connectivity index (χ3n) is 5.87. The van der Waals surface area contributed by atoms with Gasteiger partial charge in [0.25, 0.3) is 0 Å². The van der Waals surface area contributed by atoms with Crippen LogP contribution >= 0.6 is 0 Å². The molecule has 1 unspecified atom stereocenters. The zero-order valence-corrected chi connectivity index (χ0v) is 14.1. The van der Waals surface area contributed by atoms with Crippen LogP contribution in [0.15, 0.2) is 24.8 Å². The number of rotatable bonds is 3. The van der Waals surface area contributed by atoms with E-state index in [9.17, 15) is 9.90 Å². The van der Waals surface area contributed by atoms with Gasteiger partial charge in [-0.25, -0.2) is 0 Å². The summed E-state index contributed by atoms with van der Waals surface area (Å²) in [4.78, 5) is 20.0. The second-order valence-corrected chi connectivity index (χ2v) is 7.27. The summed E-state index contributed by atoms with van der Waals surface area (Å²) < 4.78 is 0. The van der Waals surface area contributed by atoms with Crippen molar-refractivity contribution in [2.24, 2.45) is 0 Å². The predicted octanol–water partition coefficient (Wildman–Crippen LogP) is 3.66. The predicted molar refractivity (Wildman–Crippen MR) is 91.3 cm³/mol. The monoisotopic (exact) mass is 322 g/mol. The van der Waals surface area contributed by atoms with E-state index < -0.39 is 6.10 Å². The van der Waals surface area contributed by atoms with Crippen molar-refractivity contribution in [3.8, 4) is 0 Å². The molecule has 1 N–H and O–H groups in total. The summed E-state index contributed by atoms with van der Waals surface area (Å²) in [6.45, 7) is 4.35. The van der Waals surface area contributed by atoms with E-state index in [0.29, 0.717) is 17.4 Å². The molecular formula is C20H22N2O2. The van der Waals surface area contributed by atoms with Gasteiger partial charge in [0.2, 0.25) is 0 Å². The maximum atomic E-state index is 11.5. The largest absolute Gasteiger partial charge is 0.388 e. The molecule has 24 heavy (non-hydrogen) atoms. The van der Waals surface area contributed by atoms with E-state index in [4.69, 9.17) is 0 Å². The molecule has 0 amide bonds. The Labute approximate surface area is 142 Å². The molecule has 4 heteroatoms. The number of aromatic nitrogens is 2. The van der Waals surface area contributed by atoms with E-state index in [0.717, 1.165) is 42.2 Å². The van der Waals surface area contributed by atoms with Gasteiger partial charge < -0.3 is 5.11 Å². The normalized spacial score (nSPS) is 26.0. The minimum absolute atomic E-state index is 0.0672. The molecule has 2 aromatic heterocycles. The molecular weight excluding hydrogens is 300 g/mol. The molecule has 0 saturated carbocycles. The van der Waals surface area contributed by atoms with Crippen molar-refractivity contribution in [2.75, 3.05) is 0 Å². The van der Waals surface area contributed by atoms with E-state index in [-0.39, 0.29) is 5.92 Å². The Balaban J connectivity index is 1.79. The van der Waals surface area contributed by atoms with Crippen molar-refractivity contribution in [1.82, 2.24) is 9.97 Å². The number of aldehydes is 1. The molecule has 0 aliphatic heterocycles. The van der Waals surface area contributed by atoms with Gasteiger partial charge in [-0.3, -0.25) is 14.8 Å². The molecule has 124 valence electrons. The van der Waals surface area contributed by atoms with Gasteiger partial charge in [-0.15, -0.1) is 0 Å². The Hall–Kier alpha value is -2.07. The van der Waals surface area contributed by atoms with Crippen LogP contribution in [-0.4, -0.2) is 21.4 Å². The van der Waals surface area contributed by atoms with E-state index in [1.54, 1.807) is 6.20 Å². The van der Waals surface area contributed by atoms with E-state index in [2.05, 4.69) is 23.8 Å². The van der Waals surface area contributed by atoms with Crippen LogP contribution in [0.3, 0.4) is 0 Å². The molecule has 0 radical (unpaired) electrons. The summed E-state index contributed by atoms with van der Waals surface area (Å²) in [5.41, 5.74) is 6.14. The molecule has 0 saturated heterocycles. The lowest BCUT2D eigenvalue weighted by Crippen LogP contribution is -2.13. The molecule has 4 atom stereocenters. The SMILES string of the molecule is C[C@H]1CCc2c([C@@H](O)C3C[C@H](C)c4cncc(C=O)c43)cncc21. The average molecular weight is 322 g/mol. The maximum absolute atomic E-state index is 11.5. The number of aliphatic hydroxyl groups excluding tert-OH is 1. The highest BCUT2D eigenvalue weighted by molar-refractivity contribution is 5.78. The highest BCUT2D eigenvalue weighted by atomic mass is 16.3. The van der Waals surface area contributed by atoms with Crippen LogP contribution in [0.1, 0.15) is 88.7 Å². The molecule has 0 bridgehead atoms. The molecule has 2 aliphatic carbocycles. The second kappa shape index (κ2) is 5.78. The van der Waals surface area contributed by atoms with E-state index in [1.807, 2.05) is 18.6 Å². The van der Waals surface area contributed by atoms with Crippen LogP contribution in [0.2, 0.25) is 0 Å². The van der Waals surface area contributed by atoms with Gasteiger partial charge in [-0.05, 0) is 53.4 Å². The molecule has 0 spiro atoms. The molecule has 2 aliphatic rings. The molecule has 4 nitrogen and oxygen atoms in total. The average Bonchev–Trinajstić information content (AvgIpc) is 3.15. The second-order valence-electron chi connectivity index (χ2n) is 7.27. The molecule has 0 fully saturated rings. The topological polar surface area (TPSA) is 63.1 Å². The van der Waals surface area contributed by atoms with Crippen molar-refractivity contribution in [1.29, 1.82) is 0 Å². The first kappa shape index (κ1) is 15.5. The Morgan fingerprint density at radius 3 is 2.67 bits per heavy atom. The Morgan fingerprint density at radius 1 is 1.12 bits per heavy atom. The third-order valence-corrected chi connectivity index (χ3v) is 5.87. The van der Waals surface area contributed by atoms with E-state index in [1.165, 1.54) is 11.1 Å². The minimum Gasteiger partial charge on any atom is -0.388 e. The Kier molecular flexibility index (Phi) is 3.72. The van der Waals surface area contributed by atoms with Crippen LogP contribution < -0.4 is 0 Å². The molecule has 2 aromatic rings. The summed E-state index contributed by atoms with van der Waals surface area (Å²) in [5, 5.41) is 11.2. The molecule has 4 rings (SSSR count). The Bertz CT molecular complexity index is 802. The van der Waals surface area contributed by atoms with Gasteiger partial charge in [0, 0.05) is 41.8 Å². The van der Waals surface area contributed by atoms with Gasteiger partial charge in [0.05, 0.1) is 6.10 Å². The van der Waals surface area contributed by atoms with Crippen LogP contribution in [-0.2, 0) is 6.42 Å². The number of pyridine rings is 2. The molecule has 2 heterocycles. The van der Waals surface area contributed by atoms with Crippen LogP contribution in [0, 0.1) is 0 Å². The summed E-state index contributed by atoms with van der Waals surface area (Å²) in [5.74, 6) is 0.738. The van der Waals surface area contributed by atoms with Crippen molar-refractivity contribution in [2.45, 2.75) is 57.0 Å². The maximum Gasteiger partial charge on any atom is 0.151 e. The summed E-state index contributed by atoms with van der Waals surface area (Å²) >= 11 is 0. The number of hydrogen-bond donors (Lipinski definition) is 1. The lowest BCUT2D eigenvalue weighted by Gasteiger charge is -2.23. The number of fused-ring (bicyclic) bond motifs is 2. The summed E-state index contributed by atoms with van der Waals surface area (Å²) in [7, 11) is 0. The number of hydrogen-bond acceptors (Lipinski definition) is 4. The third kappa shape index (κ3) is 2.20. The Morgan fingerprint density at radius 2 is 1.88 bits per heavy atom. The van der Waals surface area contributed by atoms with Gasteiger partial charge >= 0.3 is 0 Å². The first-order valence-corrected chi connectivity index (χ1v) is 8.69. The van der Waals surface area contributed by atoms with Gasteiger partial charge in [-0.1, -0.05) is 13.8 Å². The van der Waals surface area contributed by atoms with Gasteiger partial charge in [0.15, 0.2) is 6.29 Å². The number of carbonyl (C=O) groups excluding carboxylic acids is 1. The lowest BCUT2D eigenvalue weighted by atomic mass is 9.86. The summed E-state index contributed by atoms with van der Waals surface area (Å²) in [6, 6.07) is 0.